The Bertz CT molecular complexity index is 901. The second-order valence-electron chi connectivity index (χ2n) is 5.51. The van der Waals surface area contributed by atoms with Gasteiger partial charge in [0.25, 0.3) is 0 Å². The van der Waals surface area contributed by atoms with E-state index in [1.165, 1.54) is 0 Å². The van der Waals surface area contributed by atoms with Crippen molar-refractivity contribution in [3.05, 3.63) is 88.9 Å². The van der Waals surface area contributed by atoms with Crippen LogP contribution in [-0.2, 0) is 0 Å². The number of anilines is 2. The summed E-state index contributed by atoms with van der Waals surface area (Å²) in [4.78, 5) is 7.09. The van der Waals surface area contributed by atoms with Gasteiger partial charge in [0, 0.05) is 18.2 Å². The van der Waals surface area contributed by atoms with Crippen molar-refractivity contribution in [1.29, 1.82) is 0 Å². The third-order valence-corrected chi connectivity index (χ3v) is 4.42. The Labute approximate surface area is 140 Å². The van der Waals surface area contributed by atoms with Crippen LogP contribution >= 0.6 is 11.6 Å². The summed E-state index contributed by atoms with van der Waals surface area (Å²) >= 11 is 6.44. The summed E-state index contributed by atoms with van der Waals surface area (Å²) in [5, 5.41) is 0.663. The SMILES string of the molecule is CN1c2ccccc2C(c2ccccc2)=Nc2c(Cl)cccc21. The normalized spacial score (nSPS) is 13.0. The quantitative estimate of drug-likeness (QED) is 0.571. The van der Waals surface area contributed by atoms with Crippen molar-refractivity contribution in [2.75, 3.05) is 11.9 Å². The van der Waals surface area contributed by atoms with E-state index in [9.17, 15) is 0 Å². The van der Waals surface area contributed by atoms with Crippen molar-refractivity contribution in [2.24, 2.45) is 4.99 Å². The highest BCUT2D eigenvalue weighted by molar-refractivity contribution is 6.34. The molecule has 1 aliphatic rings. The molecule has 1 aliphatic heterocycles. The largest absolute Gasteiger partial charge is 0.342 e. The van der Waals surface area contributed by atoms with Crippen LogP contribution in [0.4, 0.5) is 17.1 Å². The first kappa shape index (κ1) is 14.0. The summed E-state index contributed by atoms with van der Waals surface area (Å²) in [5.74, 6) is 0. The summed E-state index contributed by atoms with van der Waals surface area (Å²) in [6.07, 6.45) is 0. The zero-order valence-corrected chi connectivity index (χ0v) is 13.5. The van der Waals surface area contributed by atoms with E-state index in [4.69, 9.17) is 16.6 Å². The van der Waals surface area contributed by atoms with Crippen LogP contribution < -0.4 is 4.90 Å². The average molecular weight is 319 g/mol. The molecule has 0 saturated heterocycles. The predicted molar refractivity (Wildman–Crippen MR) is 97.7 cm³/mol. The van der Waals surface area contributed by atoms with Crippen LogP contribution in [0.1, 0.15) is 11.1 Å². The molecule has 0 aliphatic carbocycles. The van der Waals surface area contributed by atoms with E-state index < -0.39 is 0 Å². The lowest BCUT2D eigenvalue weighted by molar-refractivity contribution is 1.21. The van der Waals surface area contributed by atoms with Crippen molar-refractivity contribution >= 4 is 34.4 Å². The van der Waals surface area contributed by atoms with Gasteiger partial charge in [0.15, 0.2) is 0 Å². The molecule has 0 saturated carbocycles. The number of hydrogen-bond acceptors (Lipinski definition) is 2. The van der Waals surface area contributed by atoms with Gasteiger partial charge in [-0.2, -0.15) is 0 Å². The molecular formula is C20H15ClN2. The van der Waals surface area contributed by atoms with E-state index in [1.807, 2.05) is 42.5 Å². The minimum absolute atomic E-state index is 0.663. The van der Waals surface area contributed by atoms with Crippen molar-refractivity contribution < 1.29 is 0 Å². The second-order valence-corrected chi connectivity index (χ2v) is 5.92. The second kappa shape index (κ2) is 5.56. The monoisotopic (exact) mass is 318 g/mol. The fraction of sp³-hybridized carbons (Fsp3) is 0.0500. The van der Waals surface area contributed by atoms with Crippen molar-refractivity contribution in [3.63, 3.8) is 0 Å². The molecular weight excluding hydrogens is 304 g/mol. The standard InChI is InChI=1S/C20H15ClN2/c1-23-17-12-6-5-10-15(17)19(14-8-3-2-4-9-14)22-20-16(21)11-7-13-18(20)23/h2-13H,1H3. The van der Waals surface area contributed by atoms with E-state index in [-0.39, 0.29) is 0 Å². The molecule has 112 valence electrons. The van der Waals surface area contributed by atoms with E-state index in [0.717, 1.165) is 33.9 Å². The topological polar surface area (TPSA) is 15.6 Å². The lowest BCUT2D eigenvalue weighted by Gasteiger charge is -2.21. The van der Waals surface area contributed by atoms with Gasteiger partial charge in [0.1, 0.15) is 5.69 Å². The molecule has 0 spiro atoms. The van der Waals surface area contributed by atoms with Crippen LogP contribution in [0.15, 0.2) is 77.8 Å². The zero-order chi connectivity index (χ0) is 15.8. The molecule has 23 heavy (non-hydrogen) atoms. The molecule has 3 heteroatoms. The summed E-state index contributed by atoms with van der Waals surface area (Å²) < 4.78 is 0. The van der Waals surface area contributed by atoms with E-state index >= 15 is 0 Å². The van der Waals surface area contributed by atoms with Crippen LogP contribution in [0.3, 0.4) is 0 Å². The summed E-state index contributed by atoms with van der Waals surface area (Å²) in [5.41, 5.74) is 6.08. The first-order chi connectivity index (χ1) is 11.3. The van der Waals surface area contributed by atoms with Crippen molar-refractivity contribution in [1.82, 2.24) is 0 Å². The number of fused-ring (bicyclic) bond motifs is 2. The molecule has 0 atom stereocenters. The van der Waals surface area contributed by atoms with Gasteiger partial charge < -0.3 is 4.90 Å². The predicted octanol–water partition coefficient (Wildman–Crippen LogP) is 5.59. The summed E-state index contributed by atoms with van der Waals surface area (Å²) in [7, 11) is 2.05. The van der Waals surface area contributed by atoms with Gasteiger partial charge in [0.2, 0.25) is 0 Å². The molecule has 3 aromatic rings. The highest BCUT2D eigenvalue weighted by Gasteiger charge is 2.22. The maximum absolute atomic E-state index is 6.44. The fourth-order valence-electron chi connectivity index (χ4n) is 2.97. The molecule has 0 bridgehead atoms. The fourth-order valence-corrected chi connectivity index (χ4v) is 3.18. The van der Waals surface area contributed by atoms with Gasteiger partial charge in [-0.05, 0) is 18.2 Å². The van der Waals surface area contributed by atoms with Gasteiger partial charge in [-0.1, -0.05) is 66.2 Å². The third-order valence-electron chi connectivity index (χ3n) is 4.12. The minimum Gasteiger partial charge on any atom is -0.342 e. The van der Waals surface area contributed by atoms with E-state index in [1.54, 1.807) is 0 Å². The van der Waals surface area contributed by atoms with Crippen LogP contribution in [0.2, 0.25) is 5.02 Å². The van der Waals surface area contributed by atoms with E-state index in [2.05, 4.69) is 42.3 Å². The average Bonchev–Trinajstić information content (AvgIpc) is 2.73. The summed E-state index contributed by atoms with van der Waals surface area (Å²) in [6, 6.07) is 24.5. The zero-order valence-electron chi connectivity index (χ0n) is 12.7. The van der Waals surface area contributed by atoms with Gasteiger partial charge in [-0.15, -0.1) is 0 Å². The molecule has 4 rings (SSSR count). The number of benzene rings is 3. The Morgan fingerprint density at radius 2 is 1.48 bits per heavy atom. The first-order valence-electron chi connectivity index (χ1n) is 7.51. The number of aliphatic imine (C=N–C) groups is 1. The first-order valence-corrected chi connectivity index (χ1v) is 7.89. The Kier molecular flexibility index (Phi) is 3.40. The number of nitrogens with zero attached hydrogens (tertiary/aromatic N) is 2. The van der Waals surface area contributed by atoms with Gasteiger partial charge >= 0.3 is 0 Å². The van der Waals surface area contributed by atoms with Gasteiger partial charge in [-0.3, -0.25) is 0 Å². The Morgan fingerprint density at radius 1 is 0.783 bits per heavy atom. The lowest BCUT2D eigenvalue weighted by Crippen LogP contribution is -2.12. The maximum atomic E-state index is 6.44. The van der Waals surface area contributed by atoms with Crippen LogP contribution in [0.25, 0.3) is 0 Å². The molecule has 0 radical (unpaired) electrons. The van der Waals surface area contributed by atoms with Crippen LogP contribution in [0.5, 0.6) is 0 Å². The Morgan fingerprint density at radius 3 is 2.30 bits per heavy atom. The lowest BCUT2D eigenvalue weighted by atomic mass is 10.0. The number of hydrogen-bond donors (Lipinski definition) is 0. The molecule has 1 heterocycles. The Hall–Kier alpha value is -2.58. The minimum atomic E-state index is 0.663. The molecule has 0 unspecified atom stereocenters. The third kappa shape index (κ3) is 2.32. The molecule has 3 aromatic carbocycles. The molecule has 0 aromatic heterocycles. The molecule has 0 amide bonds. The molecule has 2 nitrogen and oxygen atoms in total. The van der Waals surface area contributed by atoms with Gasteiger partial charge in [-0.25, -0.2) is 4.99 Å². The van der Waals surface area contributed by atoms with Crippen molar-refractivity contribution in [2.45, 2.75) is 0 Å². The number of para-hydroxylation sites is 2. The summed E-state index contributed by atoms with van der Waals surface area (Å²) in [6.45, 7) is 0. The van der Waals surface area contributed by atoms with E-state index in [0.29, 0.717) is 5.02 Å². The smallest absolute Gasteiger partial charge is 0.106 e. The van der Waals surface area contributed by atoms with Crippen LogP contribution in [0, 0.1) is 0 Å². The maximum Gasteiger partial charge on any atom is 0.106 e. The highest BCUT2D eigenvalue weighted by Crippen LogP contribution is 2.42. The molecule has 0 N–H and O–H groups in total. The molecule has 0 fully saturated rings. The van der Waals surface area contributed by atoms with Gasteiger partial charge in [0.05, 0.1) is 22.1 Å². The number of rotatable bonds is 1. The van der Waals surface area contributed by atoms with Crippen LogP contribution in [-0.4, -0.2) is 12.8 Å². The Balaban J connectivity index is 2.07. The highest BCUT2D eigenvalue weighted by atomic mass is 35.5. The number of halogens is 1. The van der Waals surface area contributed by atoms with Crippen molar-refractivity contribution in [3.8, 4) is 0 Å².